The van der Waals surface area contributed by atoms with E-state index in [9.17, 15) is 9.59 Å². The van der Waals surface area contributed by atoms with Crippen molar-refractivity contribution >= 4 is 5.91 Å². The lowest BCUT2D eigenvalue weighted by molar-refractivity contribution is 0.0938. The Labute approximate surface area is 87.3 Å². The van der Waals surface area contributed by atoms with Crippen LogP contribution in [0.1, 0.15) is 23.7 Å². The number of terminal acetylenes is 1. The van der Waals surface area contributed by atoms with Gasteiger partial charge >= 0.3 is 5.63 Å². The zero-order valence-corrected chi connectivity index (χ0v) is 8.32. The van der Waals surface area contributed by atoms with Crippen molar-refractivity contribution in [3.8, 4) is 12.3 Å². The molecule has 1 unspecified atom stereocenters. The van der Waals surface area contributed by atoms with Gasteiger partial charge in [0.15, 0.2) is 0 Å². The third kappa shape index (κ3) is 3.31. The molecule has 0 aliphatic rings. The fourth-order valence-corrected chi connectivity index (χ4v) is 1.02. The average molecular weight is 205 g/mol. The largest absolute Gasteiger partial charge is 0.430 e. The second kappa shape index (κ2) is 5.01. The molecule has 0 aromatic carbocycles. The van der Waals surface area contributed by atoms with E-state index in [1.807, 2.05) is 0 Å². The Morgan fingerprint density at radius 3 is 2.93 bits per heavy atom. The van der Waals surface area contributed by atoms with Crippen molar-refractivity contribution in [1.29, 1.82) is 0 Å². The van der Waals surface area contributed by atoms with Gasteiger partial charge in [0.05, 0.1) is 5.56 Å². The number of rotatable bonds is 3. The molecule has 0 radical (unpaired) electrons. The maximum Gasteiger partial charge on any atom is 0.335 e. The summed E-state index contributed by atoms with van der Waals surface area (Å²) in [5.74, 6) is 2.14. The summed E-state index contributed by atoms with van der Waals surface area (Å²) in [4.78, 5) is 22.1. The molecule has 1 aromatic heterocycles. The van der Waals surface area contributed by atoms with Gasteiger partial charge in [0.2, 0.25) is 0 Å². The van der Waals surface area contributed by atoms with Gasteiger partial charge in [-0.3, -0.25) is 4.79 Å². The molecule has 0 saturated heterocycles. The average Bonchev–Trinajstić information content (AvgIpc) is 2.18. The summed E-state index contributed by atoms with van der Waals surface area (Å²) in [6.07, 6.45) is 6.69. The zero-order chi connectivity index (χ0) is 11.3. The summed E-state index contributed by atoms with van der Waals surface area (Å²) in [6, 6.07) is 2.50. The lowest BCUT2D eigenvalue weighted by Crippen LogP contribution is -2.32. The molecule has 1 heterocycles. The summed E-state index contributed by atoms with van der Waals surface area (Å²) >= 11 is 0. The van der Waals surface area contributed by atoms with Crippen LogP contribution in [0.4, 0.5) is 0 Å². The van der Waals surface area contributed by atoms with Crippen molar-refractivity contribution in [2.24, 2.45) is 0 Å². The van der Waals surface area contributed by atoms with E-state index in [1.165, 1.54) is 12.1 Å². The topological polar surface area (TPSA) is 59.3 Å². The Bertz CT molecular complexity index is 421. The van der Waals surface area contributed by atoms with Crippen LogP contribution in [0.5, 0.6) is 0 Å². The van der Waals surface area contributed by atoms with E-state index in [4.69, 9.17) is 6.42 Å². The Balaban J connectivity index is 2.66. The van der Waals surface area contributed by atoms with Gasteiger partial charge in [-0.25, -0.2) is 4.79 Å². The Morgan fingerprint density at radius 1 is 1.67 bits per heavy atom. The smallest absolute Gasteiger partial charge is 0.335 e. The predicted octanol–water partition coefficient (Wildman–Crippen LogP) is 0.781. The molecule has 1 rings (SSSR count). The highest BCUT2D eigenvalue weighted by atomic mass is 16.4. The number of carbonyl (C=O) groups excluding carboxylic acids is 1. The van der Waals surface area contributed by atoms with Crippen LogP contribution in [0.3, 0.4) is 0 Å². The SMILES string of the molecule is C#CCC(C)NC(=O)c1ccc(=O)oc1. The standard InChI is InChI=1S/C11H11NO3/c1-3-4-8(2)12-11(14)9-5-6-10(13)15-7-9/h1,5-8H,4H2,2H3,(H,12,14). The first-order chi connectivity index (χ1) is 7.13. The van der Waals surface area contributed by atoms with Crippen molar-refractivity contribution in [3.63, 3.8) is 0 Å². The van der Waals surface area contributed by atoms with Crippen molar-refractivity contribution < 1.29 is 9.21 Å². The molecule has 0 aliphatic heterocycles. The van der Waals surface area contributed by atoms with E-state index in [0.717, 1.165) is 6.26 Å². The first-order valence-corrected chi connectivity index (χ1v) is 4.46. The maximum atomic E-state index is 11.5. The molecule has 78 valence electrons. The Morgan fingerprint density at radius 2 is 2.40 bits per heavy atom. The molecule has 15 heavy (non-hydrogen) atoms. The highest BCUT2D eigenvalue weighted by molar-refractivity contribution is 5.93. The molecular formula is C11H11NO3. The molecule has 1 aromatic rings. The first-order valence-electron chi connectivity index (χ1n) is 4.46. The van der Waals surface area contributed by atoms with Gasteiger partial charge in [0.1, 0.15) is 6.26 Å². The van der Waals surface area contributed by atoms with Gasteiger partial charge in [-0.1, -0.05) is 0 Å². The number of nitrogens with one attached hydrogen (secondary N) is 1. The molecular weight excluding hydrogens is 194 g/mol. The van der Waals surface area contributed by atoms with E-state index in [0.29, 0.717) is 12.0 Å². The molecule has 1 amide bonds. The van der Waals surface area contributed by atoms with Gasteiger partial charge in [-0.15, -0.1) is 12.3 Å². The number of amides is 1. The fourth-order valence-electron chi connectivity index (χ4n) is 1.02. The molecule has 4 nitrogen and oxygen atoms in total. The Kier molecular flexibility index (Phi) is 3.69. The first kappa shape index (κ1) is 11.1. The van der Waals surface area contributed by atoms with Crippen LogP contribution in [0.2, 0.25) is 0 Å². The van der Waals surface area contributed by atoms with Crippen molar-refractivity contribution in [1.82, 2.24) is 5.32 Å². The molecule has 0 spiro atoms. The summed E-state index contributed by atoms with van der Waals surface area (Å²) < 4.78 is 4.56. The lowest BCUT2D eigenvalue weighted by atomic mass is 10.2. The van der Waals surface area contributed by atoms with Crippen LogP contribution < -0.4 is 10.9 Å². The quantitative estimate of drug-likeness (QED) is 0.742. The zero-order valence-electron chi connectivity index (χ0n) is 8.32. The molecule has 0 bridgehead atoms. The van der Waals surface area contributed by atoms with Crippen LogP contribution in [-0.2, 0) is 0 Å². The van der Waals surface area contributed by atoms with Gasteiger partial charge in [0.25, 0.3) is 5.91 Å². The van der Waals surface area contributed by atoms with Crippen molar-refractivity contribution in [2.75, 3.05) is 0 Å². The summed E-state index contributed by atoms with van der Waals surface area (Å²) in [5, 5.41) is 2.67. The van der Waals surface area contributed by atoms with E-state index in [2.05, 4.69) is 15.7 Å². The maximum absolute atomic E-state index is 11.5. The predicted molar refractivity (Wildman–Crippen MR) is 55.4 cm³/mol. The van der Waals surface area contributed by atoms with Crippen LogP contribution in [0.25, 0.3) is 0 Å². The summed E-state index contributed by atoms with van der Waals surface area (Å²) in [6.45, 7) is 1.80. The van der Waals surface area contributed by atoms with Gasteiger partial charge in [-0.05, 0) is 13.0 Å². The van der Waals surface area contributed by atoms with Crippen LogP contribution in [0.15, 0.2) is 27.6 Å². The van der Waals surface area contributed by atoms with Gasteiger partial charge < -0.3 is 9.73 Å². The normalized spacial score (nSPS) is 11.5. The molecule has 4 heteroatoms. The summed E-state index contributed by atoms with van der Waals surface area (Å²) in [7, 11) is 0. The van der Waals surface area contributed by atoms with Crippen molar-refractivity contribution in [2.45, 2.75) is 19.4 Å². The molecule has 0 fully saturated rings. The molecule has 0 saturated carbocycles. The van der Waals surface area contributed by atoms with E-state index in [1.54, 1.807) is 6.92 Å². The van der Waals surface area contributed by atoms with E-state index in [-0.39, 0.29) is 11.9 Å². The molecule has 1 N–H and O–H groups in total. The minimum atomic E-state index is -0.483. The van der Waals surface area contributed by atoms with Crippen LogP contribution in [-0.4, -0.2) is 11.9 Å². The number of hydrogen-bond donors (Lipinski definition) is 1. The number of carbonyl (C=O) groups is 1. The van der Waals surface area contributed by atoms with Crippen LogP contribution in [0, 0.1) is 12.3 Å². The monoisotopic (exact) mass is 205 g/mol. The Hall–Kier alpha value is -2.02. The van der Waals surface area contributed by atoms with Gasteiger partial charge in [-0.2, -0.15) is 0 Å². The highest BCUT2D eigenvalue weighted by Gasteiger charge is 2.09. The molecule has 0 aliphatic carbocycles. The number of hydrogen-bond acceptors (Lipinski definition) is 3. The highest BCUT2D eigenvalue weighted by Crippen LogP contribution is 1.97. The second-order valence-electron chi connectivity index (χ2n) is 3.13. The third-order valence-electron chi connectivity index (χ3n) is 1.76. The van der Waals surface area contributed by atoms with E-state index < -0.39 is 5.63 Å². The molecule has 1 atom stereocenters. The summed E-state index contributed by atoms with van der Waals surface area (Å²) in [5.41, 5.74) is -0.179. The van der Waals surface area contributed by atoms with Crippen molar-refractivity contribution in [3.05, 3.63) is 34.4 Å². The fraction of sp³-hybridized carbons (Fsp3) is 0.273. The minimum absolute atomic E-state index is 0.102. The lowest BCUT2D eigenvalue weighted by Gasteiger charge is -2.09. The third-order valence-corrected chi connectivity index (χ3v) is 1.76. The second-order valence-corrected chi connectivity index (χ2v) is 3.13. The van der Waals surface area contributed by atoms with Gasteiger partial charge in [0, 0.05) is 18.5 Å². The van der Waals surface area contributed by atoms with Crippen LogP contribution >= 0.6 is 0 Å². The minimum Gasteiger partial charge on any atom is -0.430 e. The van der Waals surface area contributed by atoms with E-state index >= 15 is 0 Å².